The van der Waals surface area contributed by atoms with Crippen LogP contribution in [0.3, 0.4) is 0 Å². The van der Waals surface area contributed by atoms with Gasteiger partial charge >= 0.3 is 0 Å². The van der Waals surface area contributed by atoms with Gasteiger partial charge in [-0.3, -0.25) is 14.5 Å². The summed E-state index contributed by atoms with van der Waals surface area (Å²) in [6.07, 6.45) is 4.05. The Hall–Kier alpha value is -2.71. The molecule has 0 aliphatic carbocycles. The lowest BCUT2D eigenvalue weighted by atomic mass is 10.0. The first-order valence-electron chi connectivity index (χ1n) is 10.7. The highest BCUT2D eigenvalue weighted by atomic mass is 16.2. The second-order valence-corrected chi connectivity index (χ2v) is 8.56. The van der Waals surface area contributed by atoms with Gasteiger partial charge in [0.05, 0.1) is 17.2 Å². The first-order valence-corrected chi connectivity index (χ1v) is 10.7. The SMILES string of the molecule is CN1CCC(N2CCN(C(=O)c3ccc4c(c3)n(C)c(=O)c3ccnn34)CC2)CC1. The topological polar surface area (TPSA) is 66.1 Å². The minimum Gasteiger partial charge on any atom is -0.336 e. The molecule has 0 saturated carbocycles. The fourth-order valence-electron chi connectivity index (χ4n) is 4.88. The minimum atomic E-state index is -0.114. The van der Waals surface area contributed by atoms with Crippen LogP contribution in [-0.2, 0) is 7.05 Å². The number of hydrogen-bond acceptors (Lipinski definition) is 5. The van der Waals surface area contributed by atoms with E-state index in [9.17, 15) is 9.59 Å². The van der Waals surface area contributed by atoms with E-state index in [-0.39, 0.29) is 11.5 Å². The summed E-state index contributed by atoms with van der Waals surface area (Å²) in [4.78, 5) is 32.6. The Kier molecular flexibility index (Phi) is 4.83. The molecule has 0 spiro atoms. The molecule has 1 aromatic carbocycles. The van der Waals surface area contributed by atoms with E-state index in [4.69, 9.17) is 0 Å². The summed E-state index contributed by atoms with van der Waals surface area (Å²) in [5, 5.41) is 4.27. The average Bonchev–Trinajstić information content (AvgIpc) is 3.27. The third-order valence-electron chi connectivity index (χ3n) is 6.78. The first kappa shape index (κ1) is 19.3. The van der Waals surface area contributed by atoms with Crippen LogP contribution in [0.1, 0.15) is 23.2 Å². The van der Waals surface area contributed by atoms with Crippen LogP contribution < -0.4 is 5.56 Å². The third kappa shape index (κ3) is 3.20. The molecule has 0 radical (unpaired) electrons. The summed E-state index contributed by atoms with van der Waals surface area (Å²) in [5.74, 6) is 0.0351. The number of amides is 1. The monoisotopic (exact) mass is 408 g/mol. The second-order valence-electron chi connectivity index (χ2n) is 8.56. The van der Waals surface area contributed by atoms with E-state index in [1.165, 1.54) is 12.8 Å². The van der Waals surface area contributed by atoms with Crippen molar-refractivity contribution >= 4 is 22.5 Å². The van der Waals surface area contributed by atoms with Gasteiger partial charge in [0.2, 0.25) is 0 Å². The molecule has 8 heteroatoms. The summed E-state index contributed by atoms with van der Waals surface area (Å²) >= 11 is 0. The number of carbonyl (C=O) groups is 1. The van der Waals surface area contributed by atoms with Gasteiger partial charge in [0.1, 0.15) is 5.52 Å². The number of benzene rings is 1. The number of carbonyl (C=O) groups excluding carboxylic acids is 1. The molecule has 4 heterocycles. The van der Waals surface area contributed by atoms with Crippen molar-refractivity contribution in [2.24, 2.45) is 7.05 Å². The zero-order chi connectivity index (χ0) is 20.8. The van der Waals surface area contributed by atoms with Crippen molar-refractivity contribution in [2.75, 3.05) is 46.3 Å². The maximum Gasteiger partial charge on any atom is 0.276 e. The quantitative estimate of drug-likeness (QED) is 0.634. The molecule has 2 saturated heterocycles. The zero-order valence-electron chi connectivity index (χ0n) is 17.6. The van der Waals surface area contributed by atoms with Crippen molar-refractivity contribution in [2.45, 2.75) is 18.9 Å². The van der Waals surface area contributed by atoms with Gasteiger partial charge in [-0.2, -0.15) is 5.10 Å². The lowest BCUT2D eigenvalue weighted by Crippen LogP contribution is -2.54. The number of aryl methyl sites for hydroxylation is 1. The lowest BCUT2D eigenvalue weighted by molar-refractivity contribution is 0.0475. The summed E-state index contributed by atoms with van der Waals surface area (Å²) < 4.78 is 3.24. The largest absolute Gasteiger partial charge is 0.336 e. The lowest BCUT2D eigenvalue weighted by Gasteiger charge is -2.42. The highest BCUT2D eigenvalue weighted by Crippen LogP contribution is 2.20. The van der Waals surface area contributed by atoms with Crippen molar-refractivity contribution in [3.63, 3.8) is 0 Å². The molecule has 30 heavy (non-hydrogen) atoms. The van der Waals surface area contributed by atoms with E-state index in [1.807, 2.05) is 23.1 Å². The molecule has 2 aliphatic rings. The first-order chi connectivity index (χ1) is 14.5. The molecule has 2 aliphatic heterocycles. The van der Waals surface area contributed by atoms with Crippen LogP contribution in [0.25, 0.3) is 16.6 Å². The van der Waals surface area contributed by atoms with Gasteiger partial charge in [0.25, 0.3) is 11.5 Å². The summed E-state index contributed by atoms with van der Waals surface area (Å²) in [7, 11) is 3.93. The van der Waals surface area contributed by atoms with Crippen molar-refractivity contribution < 1.29 is 4.79 Å². The smallest absolute Gasteiger partial charge is 0.276 e. The predicted molar refractivity (Wildman–Crippen MR) is 116 cm³/mol. The Bertz CT molecular complexity index is 1150. The van der Waals surface area contributed by atoms with Gasteiger partial charge in [-0.05, 0) is 57.2 Å². The Morgan fingerprint density at radius 3 is 2.40 bits per heavy atom. The van der Waals surface area contributed by atoms with Crippen LogP contribution in [0.5, 0.6) is 0 Å². The minimum absolute atomic E-state index is 0.0351. The van der Waals surface area contributed by atoms with Crippen LogP contribution in [0.2, 0.25) is 0 Å². The van der Waals surface area contributed by atoms with Gasteiger partial charge in [-0.25, -0.2) is 4.52 Å². The number of rotatable bonds is 2. The summed E-state index contributed by atoms with van der Waals surface area (Å²) in [6.45, 7) is 5.67. The van der Waals surface area contributed by atoms with E-state index in [0.717, 1.165) is 44.8 Å². The van der Waals surface area contributed by atoms with Crippen molar-refractivity contribution in [1.29, 1.82) is 0 Å². The van der Waals surface area contributed by atoms with Gasteiger partial charge in [0.15, 0.2) is 0 Å². The molecule has 5 rings (SSSR count). The number of piperazine rings is 1. The molecule has 2 fully saturated rings. The molecule has 0 unspecified atom stereocenters. The fourth-order valence-corrected chi connectivity index (χ4v) is 4.88. The highest BCUT2D eigenvalue weighted by Gasteiger charge is 2.28. The van der Waals surface area contributed by atoms with E-state index < -0.39 is 0 Å². The molecule has 0 atom stereocenters. The van der Waals surface area contributed by atoms with Gasteiger partial charge in [0, 0.05) is 44.8 Å². The van der Waals surface area contributed by atoms with Crippen LogP contribution >= 0.6 is 0 Å². The normalized spacial score (nSPS) is 19.7. The molecule has 8 nitrogen and oxygen atoms in total. The molecule has 0 bridgehead atoms. The Morgan fingerprint density at radius 1 is 0.933 bits per heavy atom. The van der Waals surface area contributed by atoms with Gasteiger partial charge in [-0.1, -0.05) is 0 Å². The molecular weight excluding hydrogens is 380 g/mol. The van der Waals surface area contributed by atoms with E-state index in [2.05, 4.69) is 21.9 Å². The number of hydrogen-bond donors (Lipinski definition) is 0. The Morgan fingerprint density at radius 2 is 1.67 bits per heavy atom. The fraction of sp³-hybridized carbons (Fsp3) is 0.500. The second kappa shape index (κ2) is 7.52. The molecule has 158 valence electrons. The molecule has 3 aromatic rings. The summed E-state index contributed by atoms with van der Waals surface area (Å²) in [5.41, 5.74) is 2.58. The number of likely N-dealkylation sites (tertiary alicyclic amines) is 1. The number of fused-ring (bicyclic) bond motifs is 3. The average molecular weight is 409 g/mol. The van der Waals surface area contributed by atoms with E-state index in [1.54, 1.807) is 28.4 Å². The maximum atomic E-state index is 13.2. The maximum absolute atomic E-state index is 13.2. The molecule has 0 N–H and O–H groups in total. The molecule has 1 amide bonds. The van der Waals surface area contributed by atoms with Gasteiger partial charge < -0.3 is 14.4 Å². The van der Waals surface area contributed by atoms with E-state index >= 15 is 0 Å². The van der Waals surface area contributed by atoms with Gasteiger partial charge in [-0.15, -0.1) is 0 Å². The molecular formula is C22H28N6O2. The Labute approximate surface area is 175 Å². The van der Waals surface area contributed by atoms with Crippen molar-refractivity contribution in [3.8, 4) is 0 Å². The highest BCUT2D eigenvalue weighted by molar-refractivity contribution is 5.97. The van der Waals surface area contributed by atoms with Crippen LogP contribution in [0, 0.1) is 0 Å². The zero-order valence-corrected chi connectivity index (χ0v) is 17.6. The molecule has 2 aromatic heterocycles. The standard InChI is InChI=1S/C22H28N6O2/c1-24-9-6-17(7-10-24)26-11-13-27(14-12-26)21(29)16-3-4-18-20(15-16)25(2)22(30)19-5-8-23-28(18)19/h3-5,8,15,17H,6-7,9-14H2,1-2H3. The van der Waals surface area contributed by atoms with Crippen molar-refractivity contribution in [1.82, 2.24) is 28.9 Å². The number of piperidine rings is 1. The van der Waals surface area contributed by atoms with Crippen LogP contribution in [0.15, 0.2) is 35.3 Å². The van der Waals surface area contributed by atoms with Crippen LogP contribution in [-0.4, -0.2) is 87.1 Å². The third-order valence-corrected chi connectivity index (χ3v) is 6.78. The Balaban J connectivity index is 1.35. The number of aromatic nitrogens is 3. The predicted octanol–water partition coefficient (Wildman–Crippen LogP) is 1.04. The number of nitrogens with zero attached hydrogens (tertiary/aromatic N) is 6. The van der Waals surface area contributed by atoms with E-state index in [0.29, 0.717) is 22.6 Å². The van der Waals surface area contributed by atoms with Crippen LogP contribution in [0.4, 0.5) is 0 Å². The summed E-state index contributed by atoms with van der Waals surface area (Å²) in [6, 6.07) is 7.91. The van der Waals surface area contributed by atoms with Crippen molar-refractivity contribution in [3.05, 3.63) is 46.4 Å².